The summed E-state index contributed by atoms with van der Waals surface area (Å²) in [6, 6.07) is 5.93. The fourth-order valence-electron chi connectivity index (χ4n) is 1.18. The van der Waals surface area contributed by atoms with Crippen LogP contribution < -0.4 is 10.6 Å². The fraction of sp³-hybridized carbons (Fsp3) is 0.333. The molecule has 0 saturated heterocycles. The minimum Gasteiger partial charge on any atom is -0.322 e. The molecule has 0 spiro atoms. The maximum Gasteiger partial charge on any atom is 0.238 e. The van der Waals surface area contributed by atoms with Gasteiger partial charge in [0.05, 0.1) is 23.9 Å². The maximum atomic E-state index is 13.4. The van der Waals surface area contributed by atoms with Crippen molar-refractivity contribution in [2.24, 2.45) is 0 Å². The third-order valence-corrected chi connectivity index (χ3v) is 2.04. The lowest BCUT2D eigenvalue weighted by atomic mass is 10.2. The van der Waals surface area contributed by atoms with Crippen molar-refractivity contribution >= 4 is 11.6 Å². The van der Waals surface area contributed by atoms with Crippen molar-refractivity contribution in [2.45, 2.75) is 19.9 Å². The molecule has 0 aliphatic carbocycles. The van der Waals surface area contributed by atoms with E-state index >= 15 is 0 Å². The number of nitriles is 1. The van der Waals surface area contributed by atoms with Crippen molar-refractivity contribution in [3.8, 4) is 6.07 Å². The molecule has 0 aliphatic heterocycles. The van der Waals surface area contributed by atoms with Crippen LogP contribution in [0, 0.1) is 17.1 Å². The Morgan fingerprint density at radius 2 is 2.24 bits per heavy atom. The number of anilines is 1. The molecule has 0 atom stereocenters. The average Bonchev–Trinajstić information content (AvgIpc) is 2.29. The predicted octanol–water partition coefficient (Wildman–Crippen LogP) is 1.63. The second-order valence-electron chi connectivity index (χ2n) is 3.89. The summed E-state index contributed by atoms with van der Waals surface area (Å²) < 4.78 is 13.4. The van der Waals surface area contributed by atoms with Crippen LogP contribution in [0.4, 0.5) is 10.1 Å². The zero-order chi connectivity index (χ0) is 12.8. The normalized spacial score (nSPS) is 10.1. The van der Waals surface area contributed by atoms with Gasteiger partial charge in [0.25, 0.3) is 0 Å². The van der Waals surface area contributed by atoms with Crippen LogP contribution in [0.3, 0.4) is 0 Å². The van der Waals surface area contributed by atoms with Crippen molar-refractivity contribution in [3.63, 3.8) is 0 Å². The molecule has 2 N–H and O–H groups in total. The molecule has 0 radical (unpaired) electrons. The van der Waals surface area contributed by atoms with E-state index in [2.05, 4.69) is 10.6 Å². The monoisotopic (exact) mass is 235 g/mol. The van der Waals surface area contributed by atoms with Crippen LogP contribution in [0.1, 0.15) is 19.4 Å². The molecule has 1 amide bonds. The summed E-state index contributed by atoms with van der Waals surface area (Å²) >= 11 is 0. The highest BCUT2D eigenvalue weighted by Gasteiger charge is 2.07. The first-order valence-corrected chi connectivity index (χ1v) is 5.26. The van der Waals surface area contributed by atoms with Gasteiger partial charge >= 0.3 is 0 Å². The van der Waals surface area contributed by atoms with Gasteiger partial charge in [0.15, 0.2) is 0 Å². The molecule has 1 rings (SSSR count). The lowest BCUT2D eigenvalue weighted by molar-refractivity contribution is -0.115. The second-order valence-corrected chi connectivity index (χ2v) is 3.89. The van der Waals surface area contributed by atoms with Gasteiger partial charge in [0.1, 0.15) is 5.82 Å². The second kappa shape index (κ2) is 5.97. The summed E-state index contributed by atoms with van der Waals surface area (Å²) in [5.41, 5.74) is 0.306. The summed E-state index contributed by atoms with van der Waals surface area (Å²) in [6.07, 6.45) is 0. The Balaban J connectivity index is 2.63. The Kier molecular flexibility index (Phi) is 4.61. The van der Waals surface area contributed by atoms with E-state index in [9.17, 15) is 9.18 Å². The molecule has 0 saturated carbocycles. The van der Waals surface area contributed by atoms with E-state index in [1.807, 2.05) is 19.9 Å². The quantitative estimate of drug-likeness (QED) is 0.833. The largest absolute Gasteiger partial charge is 0.322 e. The van der Waals surface area contributed by atoms with Gasteiger partial charge in [-0.3, -0.25) is 4.79 Å². The third-order valence-electron chi connectivity index (χ3n) is 2.04. The number of carbonyl (C=O) groups excluding carboxylic acids is 1. The molecule has 4 nitrogen and oxygen atoms in total. The van der Waals surface area contributed by atoms with Gasteiger partial charge in [-0.05, 0) is 18.2 Å². The molecule has 0 fully saturated rings. The van der Waals surface area contributed by atoms with E-state index in [4.69, 9.17) is 5.26 Å². The van der Waals surface area contributed by atoms with Crippen molar-refractivity contribution in [2.75, 3.05) is 11.9 Å². The van der Waals surface area contributed by atoms with Crippen LogP contribution in [0.5, 0.6) is 0 Å². The van der Waals surface area contributed by atoms with Crippen LogP contribution in [0.15, 0.2) is 18.2 Å². The van der Waals surface area contributed by atoms with E-state index < -0.39 is 5.82 Å². The van der Waals surface area contributed by atoms with E-state index in [1.54, 1.807) is 0 Å². The first kappa shape index (κ1) is 13.1. The molecule has 17 heavy (non-hydrogen) atoms. The minimum atomic E-state index is -0.609. The molecule has 0 aromatic heterocycles. The van der Waals surface area contributed by atoms with E-state index in [0.717, 1.165) is 6.07 Å². The number of benzene rings is 1. The molecule has 0 bridgehead atoms. The number of nitrogens with zero attached hydrogens (tertiary/aromatic N) is 1. The number of hydrogen-bond donors (Lipinski definition) is 2. The predicted molar refractivity (Wildman–Crippen MR) is 62.9 cm³/mol. The average molecular weight is 235 g/mol. The Labute approximate surface area is 99.4 Å². The van der Waals surface area contributed by atoms with Gasteiger partial charge in [0, 0.05) is 6.04 Å². The number of carbonyl (C=O) groups is 1. The molecule has 0 unspecified atom stereocenters. The van der Waals surface area contributed by atoms with Crippen LogP contribution >= 0.6 is 0 Å². The molecular formula is C12H14FN3O. The van der Waals surface area contributed by atoms with E-state index in [0.29, 0.717) is 0 Å². The van der Waals surface area contributed by atoms with Crippen molar-refractivity contribution in [1.29, 1.82) is 5.26 Å². The van der Waals surface area contributed by atoms with Crippen LogP contribution in [-0.2, 0) is 4.79 Å². The van der Waals surface area contributed by atoms with Crippen LogP contribution in [-0.4, -0.2) is 18.5 Å². The lowest BCUT2D eigenvalue weighted by Crippen LogP contribution is -2.32. The van der Waals surface area contributed by atoms with Crippen LogP contribution in [0.25, 0.3) is 0 Å². The van der Waals surface area contributed by atoms with E-state index in [-0.39, 0.29) is 29.7 Å². The van der Waals surface area contributed by atoms with Gasteiger partial charge in [-0.15, -0.1) is 0 Å². The molecule has 90 valence electrons. The third kappa shape index (κ3) is 4.21. The molecular weight excluding hydrogens is 221 g/mol. The summed E-state index contributed by atoms with van der Waals surface area (Å²) in [5, 5.41) is 13.9. The van der Waals surface area contributed by atoms with E-state index in [1.165, 1.54) is 12.1 Å². The first-order valence-electron chi connectivity index (χ1n) is 5.26. The fourth-order valence-corrected chi connectivity index (χ4v) is 1.18. The highest BCUT2D eigenvalue weighted by molar-refractivity contribution is 5.92. The zero-order valence-electron chi connectivity index (χ0n) is 9.75. The molecule has 0 heterocycles. The standard InChI is InChI=1S/C12H14FN3O/c1-8(2)15-7-12(17)16-11-4-3-9(6-14)5-10(11)13/h3-5,8,15H,7H2,1-2H3,(H,16,17). The highest BCUT2D eigenvalue weighted by Crippen LogP contribution is 2.14. The highest BCUT2D eigenvalue weighted by atomic mass is 19.1. The van der Waals surface area contributed by atoms with Gasteiger partial charge in [0.2, 0.25) is 5.91 Å². The lowest BCUT2D eigenvalue weighted by Gasteiger charge is -2.09. The maximum absolute atomic E-state index is 13.4. The number of rotatable bonds is 4. The number of nitrogens with one attached hydrogen (secondary N) is 2. The van der Waals surface area contributed by atoms with Crippen molar-refractivity contribution in [1.82, 2.24) is 5.32 Å². The molecule has 1 aromatic rings. The number of amides is 1. The molecule has 0 aliphatic rings. The van der Waals surface area contributed by atoms with Crippen LogP contribution in [0.2, 0.25) is 0 Å². The summed E-state index contributed by atoms with van der Waals surface area (Å²) in [7, 11) is 0. The Morgan fingerprint density at radius 3 is 2.76 bits per heavy atom. The number of hydrogen-bond acceptors (Lipinski definition) is 3. The van der Waals surface area contributed by atoms with Gasteiger partial charge in [-0.2, -0.15) is 5.26 Å². The van der Waals surface area contributed by atoms with Crippen molar-refractivity contribution in [3.05, 3.63) is 29.6 Å². The Hall–Kier alpha value is -1.93. The van der Waals surface area contributed by atoms with Crippen molar-refractivity contribution < 1.29 is 9.18 Å². The van der Waals surface area contributed by atoms with Gasteiger partial charge in [-0.1, -0.05) is 13.8 Å². The van der Waals surface area contributed by atoms with Gasteiger partial charge in [-0.25, -0.2) is 4.39 Å². The Morgan fingerprint density at radius 1 is 1.53 bits per heavy atom. The summed E-state index contributed by atoms with van der Waals surface area (Å²) in [5.74, 6) is -0.927. The summed E-state index contributed by atoms with van der Waals surface area (Å²) in [6.45, 7) is 3.95. The SMILES string of the molecule is CC(C)NCC(=O)Nc1ccc(C#N)cc1F. The Bertz CT molecular complexity index is 452. The topological polar surface area (TPSA) is 64.9 Å². The minimum absolute atomic E-state index is 0.0829. The smallest absolute Gasteiger partial charge is 0.238 e. The first-order chi connectivity index (χ1) is 8.02. The van der Waals surface area contributed by atoms with Gasteiger partial charge < -0.3 is 10.6 Å². The number of halogens is 1. The summed E-state index contributed by atoms with van der Waals surface area (Å²) in [4.78, 5) is 11.4. The molecule has 5 heteroatoms. The zero-order valence-corrected chi connectivity index (χ0v) is 9.75. The molecule has 1 aromatic carbocycles.